The van der Waals surface area contributed by atoms with Gasteiger partial charge in [-0.2, -0.15) is 0 Å². The predicted octanol–water partition coefficient (Wildman–Crippen LogP) is 0.241. The van der Waals surface area contributed by atoms with Gasteiger partial charge in [0.25, 0.3) is 0 Å². The van der Waals surface area contributed by atoms with Crippen LogP contribution >= 0.6 is 11.8 Å². The summed E-state index contributed by atoms with van der Waals surface area (Å²) in [6.07, 6.45) is 2.55. The Balaban J connectivity index is 1.88. The lowest BCUT2D eigenvalue weighted by Crippen LogP contribution is -2.23. The van der Waals surface area contributed by atoms with Gasteiger partial charge in [-0.05, 0) is 19.4 Å². The van der Waals surface area contributed by atoms with E-state index in [1.807, 2.05) is 11.6 Å². The van der Waals surface area contributed by atoms with Crippen molar-refractivity contribution in [2.45, 2.75) is 24.0 Å². The number of rotatable bonds is 3. The quantitative estimate of drug-likeness (QED) is 0.704. The summed E-state index contributed by atoms with van der Waals surface area (Å²) >= 11 is 1.71. The van der Waals surface area contributed by atoms with E-state index in [1.165, 1.54) is 12.8 Å². The van der Waals surface area contributed by atoms with Gasteiger partial charge in [-0.3, -0.25) is 4.57 Å². The monoisotopic (exact) mass is 213 g/mol. The summed E-state index contributed by atoms with van der Waals surface area (Å²) in [5, 5.41) is 12.2. The van der Waals surface area contributed by atoms with Gasteiger partial charge in [-0.25, -0.2) is 0 Å². The van der Waals surface area contributed by atoms with Crippen LogP contribution < -0.4 is 11.1 Å². The maximum absolute atomic E-state index is 5.58. The number of nitrogens with one attached hydrogen (secondary N) is 1. The Kier molecular flexibility index (Phi) is 2.93. The molecule has 1 saturated heterocycles. The Morgan fingerprint density at radius 3 is 3.07 bits per heavy atom. The van der Waals surface area contributed by atoms with Crippen molar-refractivity contribution >= 4 is 17.7 Å². The van der Waals surface area contributed by atoms with E-state index in [4.69, 9.17) is 5.73 Å². The average molecular weight is 213 g/mol. The molecule has 2 heterocycles. The number of nitrogens with zero attached hydrogens (tertiary/aromatic N) is 3. The Morgan fingerprint density at radius 2 is 2.50 bits per heavy atom. The standard InChI is InChI=1S/C8H15N5S/c1-13-7(9)11-12-8(13)14-5-6-3-2-4-10-6/h6,10H,2-5H2,1H3,(H2,9,11). The van der Waals surface area contributed by atoms with E-state index in [2.05, 4.69) is 15.5 Å². The number of aromatic nitrogens is 3. The molecule has 1 fully saturated rings. The number of nitrogen functional groups attached to an aromatic ring is 1. The molecule has 1 aromatic heterocycles. The molecule has 2 rings (SSSR count). The fourth-order valence-electron chi connectivity index (χ4n) is 1.53. The lowest BCUT2D eigenvalue weighted by atomic mass is 10.3. The Hall–Kier alpha value is -0.750. The molecular formula is C8H15N5S. The van der Waals surface area contributed by atoms with E-state index < -0.39 is 0 Å². The first-order valence-electron chi connectivity index (χ1n) is 4.78. The van der Waals surface area contributed by atoms with Crippen LogP contribution in [0.3, 0.4) is 0 Å². The predicted molar refractivity (Wildman–Crippen MR) is 57.2 cm³/mol. The van der Waals surface area contributed by atoms with Gasteiger partial charge in [0.2, 0.25) is 5.95 Å². The van der Waals surface area contributed by atoms with Gasteiger partial charge in [0.1, 0.15) is 0 Å². The topological polar surface area (TPSA) is 68.8 Å². The third-order valence-corrected chi connectivity index (χ3v) is 3.63. The van der Waals surface area contributed by atoms with Gasteiger partial charge in [-0.1, -0.05) is 11.8 Å². The minimum absolute atomic E-state index is 0.479. The average Bonchev–Trinajstić information content (AvgIpc) is 2.77. The molecule has 0 saturated carbocycles. The minimum Gasteiger partial charge on any atom is -0.368 e. The maximum Gasteiger partial charge on any atom is 0.222 e. The zero-order chi connectivity index (χ0) is 9.97. The summed E-state index contributed by atoms with van der Waals surface area (Å²) in [6, 6.07) is 0.623. The third kappa shape index (κ3) is 2.01. The van der Waals surface area contributed by atoms with Gasteiger partial charge < -0.3 is 11.1 Å². The normalized spacial score (nSPS) is 21.6. The van der Waals surface area contributed by atoms with Crippen molar-refractivity contribution in [3.63, 3.8) is 0 Å². The fraction of sp³-hybridized carbons (Fsp3) is 0.750. The molecule has 5 nitrogen and oxygen atoms in total. The first-order valence-corrected chi connectivity index (χ1v) is 5.77. The highest BCUT2D eigenvalue weighted by Crippen LogP contribution is 2.19. The van der Waals surface area contributed by atoms with Crippen molar-refractivity contribution in [1.29, 1.82) is 0 Å². The molecule has 1 unspecified atom stereocenters. The molecule has 0 amide bonds. The van der Waals surface area contributed by atoms with Gasteiger partial charge in [0.05, 0.1) is 0 Å². The van der Waals surface area contributed by atoms with E-state index in [0.29, 0.717) is 12.0 Å². The first kappa shape index (κ1) is 9.79. The van der Waals surface area contributed by atoms with Gasteiger partial charge in [-0.15, -0.1) is 10.2 Å². The smallest absolute Gasteiger partial charge is 0.222 e. The van der Waals surface area contributed by atoms with Crippen molar-refractivity contribution in [2.75, 3.05) is 18.0 Å². The number of anilines is 1. The van der Waals surface area contributed by atoms with Crippen molar-refractivity contribution in [3.8, 4) is 0 Å². The molecule has 0 aromatic carbocycles. The second kappa shape index (κ2) is 4.18. The number of hydrogen-bond acceptors (Lipinski definition) is 5. The first-order chi connectivity index (χ1) is 6.77. The van der Waals surface area contributed by atoms with Crippen LogP contribution in [0.2, 0.25) is 0 Å². The van der Waals surface area contributed by atoms with Crippen LogP contribution in [0.4, 0.5) is 5.95 Å². The lowest BCUT2D eigenvalue weighted by molar-refractivity contribution is 0.671. The van der Waals surface area contributed by atoms with Crippen molar-refractivity contribution in [2.24, 2.45) is 7.05 Å². The highest BCUT2D eigenvalue weighted by atomic mass is 32.2. The Labute approximate surface area is 87.5 Å². The zero-order valence-corrected chi connectivity index (χ0v) is 9.05. The maximum atomic E-state index is 5.58. The van der Waals surface area contributed by atoms with E-state index in [1.54, 1.807) is 11.8 Å². The molecule has 1 aromatic rings. The summed E-state index contributed by atoms with van der Waals surface area (Å²) in [6.45, 7) is 1.15. The Morgan fingerprint density at radius 1 is 1.64 bits per heavy atom. The second-order valence-electron chi connectivity index (χ2n) is 3.50. The molecule has 0 radical (unpaired) electrons. The van der Waals surface area contributed by atoms with Crippen LogP contribution in [0.5, 0.6) is 0 Å². The second-order valence-corrected chi connectivity index (χ2v) is 4.49. The summed E-state index contributed by atoms with van der Waals surface area (Å²) in [5.74, 6) is 1.53. The van der Waals surface area contributed by atoms with Crippen LogP contribution in [0.15, 0.2) is 5.16 Å². The van der Waals surface area contributed by atoms with Gasteiger partial charge in [0.15, 0.2) is 5.16 Å². The number of thioether (sulfide) groups is 1. The van der Waals surface area contributed by atoms with E-state index in [9.17, 15) is 0 Å². The van der Waals surface area contributed by atoms with Crippen molar-refractivity contribution < 1.29 is 0 Å². The molecule has 0 aliphatic carbocycles. The third-order valence-electron chi connectivity index (χ3n) is 2.44. The van der Waals surface area contributed by atoms with E-state index in [-0.39, 0.29) is 0 Å². The van der Waals surface area contributed by atoms with Crippen LogP contribution in [0.1, 0.15) is 12.8 Å². The van der Waals surface area contributed by atoms with Crippen LogP contribution in [0.25, 0.3) is 0 Å². The fourth-order valence-corrected chi connectivity index (χ4v) is 2.55. The summed E-state index contributed by atoms with van der Waals surface area (Å²) in [5.41, 5.74) is 5.58. The largest absolute Gasteiger partial charge is 0.368 e. The highest BCUT2D eigenvalue weighted by Gasteiger charge is 2.15. The summed E-state index contributed by atoms with van der Waals surface area (Å²) in [4.78, 5) is 0. The molecule has 3 N–H and O–H groups in total. The lowest BCUT2D eigenvalue weighted by Gasteiger charge is -2.08. The van der Waals surface area contributed by atoms with Gasteiger partial charge >= 0.3 is 0 Å². The van der Waals surface area contributed by atoms with Crippen LogP contribution in [0, 0.1) is 0 Å². The molecular weight excluding hydrogens is 198 g/mol. The highest BCUT2D eigenvalue weighted by molar-refractivity contribution is 7.99. The van der Waals surface area contributed by atoms with E-state index in [0.717, 1.165) is 17.5 Å². The van der Waals surface area contributed by atoms with Gasteiger partial charge in [0, 0.05) is 18.8 Å². The van der Waals surface area contributed by atoms with E-state index >= 15 is 0 Å². The molecule has 14 heavy (non-hydrogen) atoms. The van der Waals surface area contributed by atoms with Crippen molar-refractivity contribution in [1.82, 2.24) is 20.1 Å². The van der Waals surface area contributed by atoms with Crippen LogP contribution in [-0.4, -0.2) is 33.1 Å². The molecule has 0 spiro atoms. The minimum atomic E-state index is 0.479. The summed E-state index contributed by atoms with van der Waals surface area (Å²) in [7, 11) is 1.89. The molecule has 78 valence electrons. The molecule has 1 atom stereocenters. The number of hydrogen-bond donors (Lipinski definition) is 2. The van der Waals surface area contributed by atoms with Crippen LogP contribution in [-0.2, 0) is 7.05 Å². The molecule has 6 heteroatoms. The van der Waals surface area contributed by atoms with Crippen molar-refractivity contribution in [3.05, 3.63) is 0 Å². The zero-order valence-electron chi connectivity index (χ0n) is 8.23. The Bertz CT molecular complexity index is 305. The molecule has 0 bridgehead atoms. The SMILES string of the molecule is Cn1c(N)nnc1SCC1CCCN1. The molecule has 1 aliphatic heterocycles. The summed E-state index contributed by atoms with van der Waals surface area (Å²) < 4.78 is 1.82. The number of nitrogens with two attached hydrogens (primary N) is 1. The molecule has 1 aliphatic rings.